The first-order chi connectivity index (χ1) is 7.46. The van der Waals surface area contributed by atoms with Crippen LogP contribution in [-0.2, 0) is 0 Å². The number of aromatic nitrogens is 2. The second-order valence-electron chi connectivity index (χ2n) is 4.28. The molecule has 0 saturated heterocycles. The van der Waals surface area contributed by atoms with Crippen molar-refractivity contribution in [2.75, 3.05) is 18.5 Å². The summed E-state index contributed by atoms with van der Waals surface area (Å²) in [5.74, 6) is 2.01. The number of hydrogen-bond donors (Lipinski definition) is 2. The fourth-order valence-electron chi connectivity index (χ4n) is 1.22. The van der Waals surface area contributed by atoms with Crippen LogP contribution in [0.3, 0.4) is 0 Å². The Morgan fingerprint density at radius 3 is 2.69 bits per heavy atom. The van der Waals surface area contributed by atoms with Crippen molar-refractivity contribution in [3.63, 3.8) is 0 Å². The molecule has 0 bridgehead atoms. The van der Waals surface area contributed by atoms with E-state index in [2.05, 4.69) is 15.3 Å². The van der Waals surface area contributed by atoms with E-state index in [0.717, 1.165) is 5.82 Å². The van der Waals surface area contributed by atoms with Gasteiger partial charge in [-0.25, -0.2) is 4.98 Å². The average molecular weight is 224 g/mol. The molecule has 0 aliphatic carbocycles. The van der Waals surface area contributed by atoms with E-state index in [1.807, 2.05) is 27.7 Å². The summed E-state index contributed by atoms with van der Waals surface area (Å²) < 4.78 is 5.35. The van der Waals surface area contributed by atoms with E-state index in [-0.39, 0.29) is 5.54 Å². The molecule has 0 unspecified atom stereocenters. The van der Waals surface area contributed by atoms with Gasteiger partial charge in [-0.05, 0) is 27.7 Å². The first-order valence-electron chi connectivity index (χ1n) is 5.43. The Kier molecular flexibility index (Phi) is 4.06. The average Bonchev–Trinajstić information content (AvgIpc) is 2.16. The minimum Gasteiger partial charge on any atom is -0.478 e. The molecule has 0 fully saturated rings. The van der Waals surface area contributed by atoms with Gasteiger partial charge in [-0.3, -0.25) is 0 Å². The molecule has 3 N–H and O–H groups in total. The highest BCUT2D eigenvalue weighted by Crippen LogP contribution is 2.17. The van der Waals surface area contributed by atoms with Crippen molar-refractivity contribution in [1.82, 2.24) is 9.97 Å². The van der Waals surface area contributed by atoms with Gasteiger partial charge in [0, 0.05) is 18.2 Å². The molecule has 0 aromatic carbocycles. The fourth-order valence-corrected chi connectivity index (χ4v) is 1.22. The lowest BCUT2D eigenvalue weighted by Gasteiger charge is -2.25. The van der Waals surface area contributed by atoms with E-state index in [1.54, 1.807) is 6.07 Å². The number of hydrogen-bond acceptors (Lipinski definition) is 5. The molecule has 1 aromatic rings. The maximum atomic E-state index is 5.65. The molecule has 16 heavy (non-hydrogen) atoms. The summed E-state index contributed by atoms with van der Waals surface area (Å²) in [5, 5.41) is 3.25. The van der Waals surface area contributed by atoms with Crippen molar-refractivity contribution in [2.24, 2.45) is 5.73 Å². The Hall–Kier alpha value is -1.36. The van der Waals surface area contributed by atoms with Crippen LogP contribution in [0.25, 0.3) is 0 Å². The van der Waals surface area contributed by atoms with E-state index < -0.39 is 0 Å². The maximum absolute atomic E-state index is 5.65. The number of nitrogens with zero attached hydrogens (tertiary/aromatic N) is 2. The maximum Gasteiger partial charge on any atom is 0.218 e. The quantitative estimate of drug-likeness (QED) is 0.789. The molecule has 0 saturated carbocycles. The Morgan fingerprint density at radius 2 is 2.12 bits per heavy atom. The van der Waals surface area contributed by atoms with Crippen LogP contribution in [0, 0.1) is 6.92 Å². The number of rotatable bonds is 5. The van der Waals surface area contributed by atoms with Crippen LogP contribution >= 0.6 is 0 Å². The molecule has 0 aliphatic heterocycles. The predicted octanol–water partition coefficient (Wildman–Crippen LogP) is 1.33. The normalized spacial score (nSPS) is 11.3. The zero-order chi connectivity index (χ0) is 12.2. The molecule has 5 heteroatoms. The molecule has 0 radical (unpaired) electrons. The van der Waals surface area contributed by atoms with Gasteiger partial charge in [0.05, 0.1) is 6.61 Å². The molecular formula is C11H20N4O. The van der Waals surface area contributed by atoms with Gasteiger partial charge >= 0.3 is 0 Å². The van der Waals surface area contributed by atoms with Gasteiger partial charge in [-0.1, -0.05) is 0 Å². The lowest BCUT2D eigenvalue weighted by atomic mass is 10.1. The van der Waals surface area contributed by atoms with Crippen LogP contribution in [-0.4, -0.2) is 28.7 Å². The highest BCUT2D eigenvalue weighted by molar-refractivity contribution is 5.40. The Morgan fingerprint density at radius 1 is 1.44 bits per heavy atom. The van der Waals surface area contributed by atoms with Crippen molar-refractivity contribution in [3.8, 4) is 5.88 Å². The van der Waals surface area contributed by atoms with Crippen LogP contribution < -0.4 is 15.8 Å². The van der Waals surface area contributed by atoms with E-state index in [4.69, 9.17) is 10.5 Å². The zero-order valence-electron chi connectivity index (χ0n) is 10.4. The molecule has 90 valence electrons. The van der Waals surface area contributed by atoms with Crippen LogP contribution in [0.15, 0.2) is 6.07 Å². The highest BCUT2D eigenvalue weighted by atomic mass is 16.5. The summed E-state index contributed by atoms with van der Waals surface area (Å²) in [6.45, 7) is 8.92. The molecule has 1 aromatic heterocycles. The van der Waals surface area contributed by atoms with Gasteiger partial charge in [-0.15, -0.1) is 0 Å². The van der Waals surface area contributed by atoms with E-state index in [1.165, 1.54) is 0 Å². The Bertz CT molecular complexity index is 352. The second-order valence-corrected chi connectivity index (χ2v) is 4.28. The van der Waals surface area contributed by atoms with Gasteiger partial charge in [0.1, 0.15) is 11.6 Å². The topological polar surface area (TPSA) is 73.1 Å². The van der Waals surface area contributed by atoms with E-state index in [9.17, 15) is 0 Å². The summed E-state index contributed by atoms with van der Waals surface area (Å²) >= 11 is 0. The number of nitrogens with one attached hydrogen (secondary N) is 1. The van der Waals surface area contributed by atoms with E-state index >= 15 is 0 Å². The summed E-state index contributed by atoms with van der Waals surface area (Å²) in [6, 6.07) is 1.79. The van der Waals surface area contributed by atoms with Crippen molar-refractivity contribution in [1.29, 1.82) is 0 Å². The predicted molar refractivity (Wildman–Crippen MR) is 64.7 cm³/mol. The Labute approximate surface area is 96.4 Å². The molecule has 5 nitrogen and oxygen atoms in total. The van der Waals surface area contributed by atoms with Crippen molar-refractivity contribution in [2.45, 2.75) is 33.2 Å². The molecule has 0 atom stereocenters. The lowest BCUT2D eigenvalue weighted by molar-refractivity contribution is 0.325. The number of ether oxygens (including phenoxy) is 1. The van der Waals surface area contributed by atoms with Crippen LogP contribution in [0.4, 0.5) is 5.82 Å². The second kappa shape index (κ2) is 5.12. The van der Waals surface area contributed by atoms with Crippen molar-refractivity contribution < 1.29 is 4.74 Å². The summed E-state index contributed by atoms with van der Waals surface area (Å²) in [7, 11) is 0. The molecule has 1 rings (SSSR count). The fraction of sp³-hybridized carbons (Fsp3) is 0.636. The number of nitrogens with two attached hydrogens (primary N) is 1. The monoisotopic (exact) mass is 224 g/mol. The van der Waals surface area contributed by atoms with Crippen molar-refractivity contribution in [3.05, 3.63) is 11.9 Å². The molecule has 0 amide bonds. The third-order valence-corrected chi connectivity index (χ3v) is 2.08. The highest BCUT2D eigenvalue weighted by Gasteiger charge is 2.16. The number of aryl methyl sites for hydroxylation is 1. The molecule has 0 spiro atoms. The lowest BCUT2D eigenvalue weighted by Crippen LogP contribution is -2.39. The third-order valence-electron chi connectivity index (χ3n) is 2.08. The molecule has 0 aliphatic rings. The Balaban J connectivity index is 2.87. The zero-order valence-corrected chi connectivity index (χ0v) is 10.4. The summed E-state index contributed by atoms with van der Waals surface area (Å²) in [6.07, 6.45) is 0. The van der Waals surface area contributed by atoms with Crippen LogP contribution in [0.5, 0.6) is 5.88 Å². The largest absolute Gasteiger partial charge is 0.478 e. The van der Waals surface area contributed by atoms with Gasteiger partial charge in [0.25, 0.3) is 0 Å². The van der Waals surface area contributed by atoms with Gasteiger partial charge < -0.3 is 15.8 Å². The number of anilines is 1. The van der Waals surface area contributed by atoms with Crippen molar-refractivity contribution >= 4 is 5.82 Å². The van der Waals surface area contributed by atoms with Gasteiger partial charge in [0.2, 0.25) is 5.88 Å². The first-order valence-corrected chi connectivity index (χ1v) is 5.43. The van der Waals surface area contributed by atoms with Gasteiger partial charge in [0.15, 0.2) is 0 Å². The molecule has 1 heterocycles. The van der Waals surface area contributed by atoms with E-state index in [0.29, 0.717) is 24.9 Å². The van der Waals surface area contributed by atoms with Gasteiger partial charge in [-0.2, -0.15) is 4.98 Å². The summed E-state index contributed by atoms with van der Waals surface area (Å²) in [4.78, 5) is 8.47. The van der Waals surface area contributed by atoms with Crippen LogP contribution in [0.1, 0.15) is 26.6 Å². The SMILES string of the molecule is CCOc1cc(NC(C)(C)CN)nc(C)n1. The van der Waals surface area contributed by atoms with Crippen LogP contribution in [0.2, 0.25) is 0 Å². The third kappa shape index (κ3) is 3.66. The minimum atomic E-state index is -0.190. The smallest absolute Gasteiger partial charge is 0.218 e. The first kappa shape index (κ1) is 12.7. The minimum absolute atomic E-state index is 0.190. The standard InChI is InChI=1S/C11H20N4O/c1-5-16-10-6-9(13-8(2)14-10)15-11(3,4)7-12/h6H,5,7,12H2,1-4H3,(H,13,14,15). The molecular weight excluding hydrogens is 204 g/mol. The summed E-state index contributed by atoms with van der Waals surface area (Å²) in [5.41, 5.74) is 5.46.